The number of nitrogens with zero attached hydrogens (tertiary/aromatic N) is 3. The number of ether oxygens (including phenoxy) is 1. The highest BCUT2D eigenvalue weighted by molar-refractivity contribution is 7.80. The predicted octanol–water partition coefficient (Wildman–Crippen LogP) is -1.20. The lowest BCUT2D eigenvalue weighted by Crippen LogP contribution is -2.49. The topological polar surface area (TPSA) is 124 Å². The van der Waals surface area contributed by atoms with Crippen LogP contribution in [0.3, 0.4) is 0 Å². The number of hydrogen-bond donors (Lipinski definition) is 5. The number of aromatic nitrogens is 4. The molecule has 1 saturated heterocycles. The van der Waals surface area contributed by atoms with E-state index in [4.69, 9.17) is 4.74 Å². The van der Waals surface area contributed by atoms with Crippen LogP contribution in [0.15, 0.2) is 11.4 Å². The summed E-state index contributed by atoms with van der Waals surface area (Å²) in [6.45, 7) is -0.102. The van der Waals surface area contributed by atoms with Crippen molar-refractivity contribution in [3.05, 3.63) is 12.2 Å². The molecule has 0 saturated carbocycles. The first-order valence-corrected chi connectivity index (χ1v) is 6.08. The molecule has 4 atom stereocenters. The van der Waals surface area contributed by atoms with E-state index in [9.17, 15) is 15.3 Å². The molecule has 8 nitrogen and oxygen atoms in total. The van der Waals surface area contributed by atoms with Crippen LogP contribution in [-0.2, 0) is 4.74 Å². The van der Waals surface area contributed by atoms with E-state index in [1.54, 1.807) is 0 Å². The number of aromatic amines is 1. The molecule has 0 bridgehead atoms. The van der Waals surface area contributed by atoms with E-state index < -0.39 is 24.4 Å². The molecule has 2 aromatic heterocycles. The SMILES string of the molecule is OC1COC(c2nc(S)c3nc[nH]c3n2)C(O)C1O. The van der Waals surface area contributed by atoms with Crippen molar-refractivity contribution < 1.29 is 20.1 Å². The first-order valence-electron chi connectivity index (χ1n) is 5.63. The van der Waals surface area contributed by atoms with Crippen molar-refractivity contribution in [3.63, 3.8) is 0 Å². The number of aliphatic hydroxyl groups excluding tert-OH is 3. The molecule has 19 heavy (non-hydrogen) atoms. The molecule has 4 unspecified atom stereocenters. The van der Waals surface area contributed by atoms with Crippen LogP contribution >= 0.6 is 12.6 Å². The summed E-state index contributed by atoms with van der Waals surface area (Å²) in [5.74, 6) is 0.181. The van der Waals surface area contributed by atoms with E-state index in [1.165, 1.54) is 6.33 Å². The fraction of sp³-hybridized carbons (Fsp3) is 0.500. The normalized spacial score (nSPS) is 31.8. The van der Waals surface area contributed by atoms with Gasteiger partial charge in [0.1, 0.15) is 35.0 Å². The smallest absolute Gasteiger partial charge is 0.163 e. The molecule has 1 fully saturated rings. The van der Waals surface area contributed by atoms with Gasteiger partial charge >= 0.3 is 0 Å². The quantitative estimate of drug-likeness (QED) is 0.329. The van der Waals surface area contributed by atoms with Crippen LogP contribution in [0.1, 0.15) is 11.9 Å². The Morgan fingerprint density at radius 2 is 2.05 bits per heavy atom. The van der Waals surface area contributed by atoms with Crippen molar-refractivity contribution in [3.8, 4) is 0 Å². The van der Waals surface area contributed by atoms with Gasteiger partial charge in [-0.05, 0) is 0 Å². The third-order valence-electron chi connectivity index (χ3n) is 3.03. The van der Waals surface area contributed by atoms with E-state index >= 15 is 0 Å². The zero-order valence-corrected chi connectivity index (χ0v) is 10.5. The Labute approximate surface area is 112 Å². The molecule has 0 aliphatic carbocycles. The second-order valence-electron chi connectivity index (χ2n) is 4.31. The van der Waals surface area contributed by atoms with E-state index in [0.717, 1.165) is 0 Å². The molecule has 0 amide bonds. The van der Waals surface area contributed by atoms with Crippen molar-refractivity contribution in [2.24, 2.45) is 0 Å². The average Bonchev–Trinajstić information content (AvgIpc) is 2.85. The number of fused-ring (bicyclic) bond motifs is 1. The van der Waals surface area contributed by atoms with Crippen LogP contribution in [0.5, 0.6) is 0 Å². The molecular formula is C10H12N4O4S. The fourth-order valence-electron chi connectivity index (χ4n) is 2.00. The number of H-pyrrole nitrogens is 1. The maximum Gasteiger partial charge on any atom is 0.163 e. The molecule has 4 N–H and O–H groups in total. The maximum atomic E-state index is 9.91. The molecule has 0 spiro atoms. The Bertz CT molecular complexity index is 606. The van der Waals surface area contributed by atoms with Crippen LogP contribution in [0.4, 0.5) is 0 Å². The van der Waals surface area contributed by atoms with Crippen LogP contribution in [0.25, 0.3) is 11.2 Å². The Morgan fingerprint density at radius 1 is 1.26 bits per heavy atom. The number of rotatable bonds is 1. The lowest BCUT2D eigenvalue weighted by atomic mass is 9.99. The summed E-state index contributed by atoms with van der Waals surface area (Å²) in [6, 6.07) is 0. The van der Waals surface area contributed by atoms with Gasteiger partial charge in [-0.25, -0.2) is 15.0 Å². The van der Waals surface area contributed by atoms with E-state index in [0.29, 0.717) is 16.2 Å². The lowest BCUT2D eigenvalue weighted by molar-refractivity contribution is -0.191. The van der Waals surface area contributed by atoms with Gasteiger partial charge in [0.25, 0.3) is 0 Å². The van der Waals surface area contributed by atoms with Gasteiger partial charge in [-0.2, -0.15) is 0 Å². The molecule has 3 rings (SSSR count). The van der Waals surface area contributed by atoms with Gasteiger partial charge in [0.15, 0.2) is 11.5 Å². The second kappa shape index (κ2) is 4.69. The highest BCUT2D eigenvalue weighted by Gasteiger charge is 2.40. The molecule has 1 aliphatic rings. The largest absolute Gasteiger partial charge is 0.388 e. The summed E-state index contributed by atoms with van der Waals surface area (Å²) in [6.07, 6.45) is -3.20. The first kappa shape index (κ1) is 12.8. The lowest BCUT2D eigenvalue weighted by Gasteiger charge is -2.34. The fourth-order valence-corrected chi connectivity index (χ4v) is 2.26. The number of hydrogen-bond acceptors (Lipinski definition) is 8. The van der Waals surface area contributed by atoms with Crippen LogP contribution < -0.4 is 0 Å². The van der Waals surface area contributed by atoms with Crippen molar-refractivity contribution in [2.45, 2.75) is 29.4 Å². The molecule has 0 radical (unpaired) electrons. The summed E-state index contributed by atoms with van der Waals surface area (Å²) in [5, 5.41) is 29.3. The van der Waals surface area contributed by atoms with Crippen molar-refractivity contribution in [1.82, 2.24) is 19.9 Å². The third kappa shape index (κ3) is 2.09. The van der Waals surface area contributed by atoms with Gasteiger partial charge in [-0.1, -0.05) is 0 Å². The van der Waals surface area contributed by atoms with Crippen LogP contribution in [0.2, 0.25) is 0 Å². The number of thiol groups is 1. The summed E-state index contributed by atoms with van der Waals surface area (Å²) in [4.78, 5) is 15.1. The first-order chi connectivity index (χ1) is 9.08. The maximum absolute atomic E-state index is 9.91. The summed E-state index contributed by atoms with van der Waals surface area (Å²) >= 11 is 4.19. The standard InChI is InChI=1S/C10H12N4O4S/c15-3-1-18-7(6(17)5(3)16)9-13-8-4(10(19)14-9)11-2-12-8/h2-3,5-7,15-17H,1H2,(H2,11,12,13,14,19). The van der Waals surface area contributed by atoms with Gasteiger partial charge in [0.2, 0.25) is 0 Å². The Balaban J connectivity index is 1.99. The van der Waals surface area contributed by atoms with Crippen LogP contribution in [0, 0.1) is 0 Å². The molecule has 2 aromatic rings. The molecular weight excluding hydrogens is 272 g/mol. The van der Waals surface area contributed by atoms with E-state index in [1.807, 2.05) is 0 Å². The van der Waals surface area contributed by atoms with Gasteiger partial charge in [0, 0.05) is 0 Å². The van der Waals surface area contributed by atoms with Crippen molar-refractivity contribution in [1.29, 1.82) is 0 Å². The minimum Gasteiger partial charge on any atom is -0.388 e. The van der Waals surface area contributed by atoms with E-state index in [2.05, 4.69) is 32.6 Å². The number of nitrogens with one attached hydrogen (secondary N) is 1. The van der Waals surface area contributed by atoms with Gasteiger partial charge in [-0.15, -0.1) is 12.6 Å². The Morgan fingerprint density at radius 3 is 2.84 bits per heavy atom. The number of imidazole rings is 1. The molecule has 3 heterocycles. The zero-order chi connectivity index (χ0) is 13.6. The summed E-state index contributed by atoms with van der Waals surface area (Å²) < 4.78 is 5.29. The summed E-state index contributed by atoms with van der Waals surface area (Å²) in [7, 11) is 0. The van der Waals surface area contributed by atoms with Gasteiger partial charge in [-0.3, -0.25) is 0 Å². The average molecular weight is 284 g/mol. The Hall–Kier alpha value is -1.26. The van der Waals surface area contributed by atoms with Gasteiger partial charge in [0.05, 0.1) is 12.9 Å². The minimum absolute atomic E-state index is 0.102. The predicted molar refractivity (Wildman–Crippen MR) is 65.6 cm³/mol. The number of aliphatic hydroxyl groups is 3. The van der Waals surface area contributed by atoms with E-state index in [-0.39, 0.29) is 12.4 Å². The molecule has 1 aliphatic heterocycles. The highest BCUT2D eigenvalue weighted by Crippen LogP contribution is 2.28. The molecule has 9 heteroatoms. The molecule has 0 aromatic carbocycles. The monoisotopic (exact) mass is 284 g/mol. The van der Waals surface area contributed by atoms with Crippen molar-refractivity contribution in [2.75, 3.05) is 6.61 Å². The second-order valence-corrected chi connectivity index (χ2v) is 4.73. The van der Waals surface area contributed by atoms with Crippen molar-refractivity contribution >= 4 is 23.8 Å². The highest BCUT2D eigenvalue weighted by atomic mass is 32.1. The van der Waals surface area contributed by atoms with Crippen LogP contribution in [-0.4, -0.2) is 60.2 Å². The van der Waals surface area contributed by atoms with Gasteiger partial charge < -0.3 is 25.0 Å². The summed E-state index contributed by atoms with van der Waals surface area (Å²) in [5.41, 5.74) is 0.976. The zero-order valence-electron chi connectivity index (χ0n) is 9.63. The Kier molecular flexibility index (Phi) is 3.15. The minimum atomic E-state index is -1.31. The molecule has 102 valence electrons. The third-order valence-corrected chi connectivity index (χ3v) is 3.34.